The number of carbonyl (C=O) groups is 3. The van der Waals surface area contributed by atoms with Gasteiger partial charge in [-0.2, -0.15) is 0 Å². The molecule has 1 aliphatic heterocycles. The summed E-state index contributed by atoms with van der Waals surface area (Å²) in [6, 6.07) is 3.87. The number of halogens is 1. The smallest absolute Gasteiger partial charge is 0.336 e. The first-order chi connectivity index (χ1) is 8.06. The summed E-state index contributed by atoms with van der Waals surface area (Å²) in [6.45, 7) is 0. The first kappa shape index (κ1) is 11.3. The topological polar surface area (TPSA) is 72.5 Å². The molecule has 6 heteroatoms. The number of esters is 2. The molecule has 1 aromatic rings. The number of rotatable bonds is 2. The van der Waals surface area contributed by atoms with Crippen molar-refractivity contribution >= 4 is 17.8 Å². The summed E-state index contributed by atoms with van der Waals surface area (Å²) in [5, 5.41) is 2.34. The Kier molecular flexibility index (Phi) is 2.86. The average molecular weight is 237 g/mol. The fourth-order valence-electron chi connectivity index (χ4n) is 1.43. The van der Waals surface area contributed by atoms with Crippen LogP contribution in [0.1, 0.15) is 16.8 Å². The maximum absolute atomic E-state index is 12.6. The molecule has 0 saturated carbocycles. The number of hydrogen-bond donors (Lipinski definition) is 1. The number of ether oxygens (including phenoxy) is 1. The number of cyclic esters (lactones) is 2. The number of hydrogen-bond acceptors (Lipinski definition) is 4. The second-order valence-corrected chi connectivity index (χ2v) is 3.53. The fraction of sp³-hybridized carbons (Fsp3) is 0.182. The summed E-state index contributed by atoms with van der Waals surface area (Å²) >= 11 is 0. The van der Waals surface area contributed by atoms with Crippen molar-refractivity contribution in [1.29, 1.82) is 0 Å². The number of carbonyl (C=O) groups excluding carboxylic acids is 3. The van der Waals surface area contributed by atoms with E-state index in [1.54, 1.807) is 0 Å². The van der Waals surface area contributed by atoms with Gasteiger partial charge in [0.25, 0.3) is 5.91 Å². The third-order valence-electron chi connectivity index (χ3n) is 2.28. The van der Waals surface area contributed by atoms with Crippen molar-refractivity contribution in [3.63, 3.8) is 0 Å². The van der Waals surface area contributed by atoms with Crippen LogP contribution in [0, 0.1) is 5.82 Å². The minimum Gasteiger partial charge on any atom is -0.392 e. The molecule has 1 heterocycles. The second-order valence-electron chi connectivity index (χ2n) is 3.53. The van der Waals surface area contributed by atoms with Crippen molar-refractivity contribution in [3.05, 3.63) is 35.6 Å². The van der Waals surface area contributed by atoms with Gasteiger partial charge in [0.15, 0.2) is 0 Å². The van der Waals surface area contributed by atoms with E-state index in [0.717, 1.165) is 12.1 Å². The molecule has 0 bridgehead atoms. The van der Waals surface area contributed by atoms with E-state index in [9.17, 15) is 18.8 Å². The Hall–Kier alpha value is -2.24. The quantitative estimate of drug-likeness (QED) is 0.596. The third-order valence-corrected chi connectivity index (χ3v) is 2.28. The van der Waals surface area contributed by atoms with Crippen LogP contribution in [0.15, 0.2) is 24.3 Å². The van der Waals surface area contributed by atoms with Gasteiger partial charge >= 0.3 is 11.9 Å². The highest BCUT2D eigenvalue weighted by atomic mass is 19.1. The predicted octanol–water partition coefficient (Wildman–Crippen LogP) is 0.398. The van der Waals surface area contributed by atoms with Crippen LogP contribution >= 0.6 is 0 Å². The normalized spacial score (nSPS) is 19.0. The Morgan fingerprint density at radius 3 is 2.47 bits per heavy atom. The van der Waals surface area contributed by atoms with Gasteiger partial charge in [0.05, 0.1) is 6.42 Å². The molecule has 1 amide bonds. The van der Waals surface area contributed by atoms with Crippen LogP contribution in [-0.4, -0.2) is 23.9 Å². The average Bonchev–Trinajstić information content (AvgIpc) is 2.58. The molecule has 1 aliphatic rings. The van der Waals surface area contributed by atoms with Crippen molar-refractivity contribution in [3.8, 4) is 0 Å². The number of amides is 1. The highest BCUT2D eigenvalue weighted by molar-refractivity contribution is 6.02. The molecule has 5 nitrogen and oxygen atoms in total. The Labute approximate surface area is 95.6 Å². The van der Waals surface area contributed by atoms with E-state index in [4.69, 9.17) is 0 Å². The minimum absolute atomic E-state index is 0.175. The van der Waals surface area contributed by atoms with Gasteiger partial charge in [-0.3, -0.25) is 9.59 Å². The fourth-order valence-corrected chi connectivity index (χ4v) is 1.43. The van der Waals surface area contributed by atoms with Crippen molar-refractivity contribution < 1.29 is 23.5 Å². The molecule has 0 aliphatic carbocycles. The summed E-state index contributed by atoms with van der Waals surface area (Å²) in [5.74, 6) is -2.46. The lowest BCUT2D eigenvalue weighted by molar-refractivity contribution is -0.152. The van der Waals surface area contributed by atoms with Crippen molar-refractivity contribution in [2.45, 2.75) is 12.5 Å². The van der Waals surface area contributed by atoms with Crippen LogP contribution in [0.4, 0.5) is 4.39 Å². The van der Waals surface area contributed by atoms with Crippen LogP contribution in [0.25, 0.3) is 0 Å². The molecule has 1 atom stereocenters. The van der Waals surface area contributed by atoms with Crippen LogP contribution in [-0.2, 0) is 14.3 Å². The van der Waals surface area contributed by atoms with Gasteiger partial charge < -0.3 is 10.1 Å². The van der Waals surface area contributed by atoms with Crippen LogP contribution in [0.5, 0.6) is 0 Å². The predicted molar refractivity (Wildman–Crippen MR) is 53.4 cm³/mol. The van der Waals surface area contributed by atoms with Gasteiger partial charge in [-0.25, -0.2) is 9.18 Å². The van der Waals surface area contributed by atoms with E-state index in [2.05, 4.69) is 10.1 Å². The molecule has 88 valence electrons. The van der Waals surface area contributed by atoms with E-state index in [0.29, 0.717) is 0 Å². The molecule has 1 unspecified atom stereocenters. The second kappa shape index (κ2) is 4.32. The van der Waals surface area contributed by atoms with Gasteiger partial charge in [-0.1, -0.05) is 0 Å². The first-order valence-corrected chi connectivity index (χ1v) is 4.87. The van der Waals surface area contributed by atoms with Crippen molar-refractivity contribution in [1.82, 2.24) is 5.32 Å². The third kappa shape index (κ3) is 2.47. The number of benzene rings is 1. The van der Waals surface area contributed by atoms with Gasteiger partial charge in [0, 0.05) is 5.56 Å². The molecule has 17 heavy (non-hydrogen) atoms. The zero-order chi connectivity index (χ0) is 12.4. The highest BCUT2D eigenvalue weighted by Crippen LogP contribution is 2.09. The summed E-state index contributed by atoms with van der Waals surface area (Å²) in [7, 11) is 0. The molecule has 0 aromatic heterocycles. The standard InChI is InChI=1S/C11H8FNO4/c12-7-3-1-6(2-4-7)10(15)13-8-5-9(14)17-11(8)16/h1-4,8H,5H2,(H,13,15). The largest absolute Gasteiger partial charge is 0.392 e. The van der Waals surface area contributed by atoms with Gasteiger partial charge in [-0.05, 0) is 24.3 Å². The van der Waals surface area contributed by atoms with Gasteiger partial charge in [-0.15, -0.1) is 0 Å². The summed E-state index contributed by atoms with van der Waals surface area (Å²) in [5.41, 5.74) is 0.207. The van der Waals surface area contributed by atoms with Crippen LogP contribution < -0.4 is 5.32 Å². The van der Waals surface area contributed by atoms with E-state index >= 15 is 0 Å². The molecule has 0 radical (unpaired) electrons. The van der Waals surface area contributed by atoms with E-state index in [1.165, 1.54) is 12.1 Å². The molecule has 1 aromatic carbocycles. The summed E-state index contributed by atoms with van der Waals surface area (Å²) in [4.78, 5) is 33.5. The maximum atomic E-state index is 12.6. The first-order valence-electron chi connectivity index (χ1n) is 4.87. The van der Waals surface area contributed by atoms with Gasteiger partial charge in [0.2, 0.25) is 0 Å². The minimum atomic E-state index is -0.958. The van der Waals surface area contributed by atoms with E-state index in [1.807, 2.05) is 0 Å². The van der Waals surface area contributed by atoms with Crippen molar-refractivity contribution in [2.75, 3.05) is 0 Å². The molecule has 2 rings (SSSR count). The lowest BCUT2D eigenvalue weighted by atomic mass is 10.2. The summed E-state index contributed by atoms with van der Waals surface area (Å²) in [6.07, 6.45) is -0.175. The lowest BCUT2D eigenvalue weighted by Crippen LogP contribution is -2.37. The van der Waals surface area contributed by atoms with Crippen LogP contribution in [0.3, 0.4) is 0 Å². The van der Waals surface area contributed by atoms with E-state index in [-0.39, 0.29) is 12.0 Å². The molecule has 1 saturated heterocycles. The Morgan fingerprint density at radius 1 is 1.29 bits per heavy atom. The summed E-state index contributed by atoms with van der Waals surface area (Å²) < 4.78 is 16.9. The van der Waals surface area contributed by atoms with E-state index < -0.39 is 29.7 Å². The Morgan fingerprint density at radius 2 is 1.94 bits per heavy atom. The van der Waals surface area contributed by atoms with Crippen LogP contribution in [0.2, 0.25) is 0 Å². The zero-order valence-corrected chi connectivity index (χ0v) is 8.60. The Bertz CT molecular complexity index is 483. The highest BCUT2D eigenvalue weighted by Gasteiger charge is 2.34. The molecule has 0 spiro atoms. The lowest BCUT2D eigenvalue weighted by Gasteiger charge is -2.07. The molecular formula is C11H8FNO4. The Balaban J connectivity index is 2.04. The molecular weight excluding hydrogens is 229 g/mol. The van der Waals surface area contributed by atoms with Gasteiger partial charge in [0.1, 0.15) is 11.9 Å². The molecule has 1 N–H and O–H groups in total. The SMILES string of the molecule is O=C1CC(NC(=O)c2ccc(F)cc2)C(=O)O1. The zero-order valence-electron chi connectivity index (χ0n) is 8.60. The van der Waals surface area contributed by atoms with Crippen molar-refractivity contribution in [2.24, 2.45) is 0 Å². The number of nitrogens with one attached hydrogen (secondary N) is 1. The monoisotopic (exact) mass is 237 g/mol. The maximum Gasteiger partial charge on any atom is 0.336 e. The molecule has 1 fully saturated rings.